The molecule has 0 radical (unpaired) electrons. The van der Waals surface area contributed by atoms with Gasteiger partial charge in [-0.2, -0.15) is 11.8 Å². The molecule has 2 N–H and O–H groups in total. The fourth-order valence-corrected chi connectivity index (χ4v) is 2.61. The molecular formula is C9H18Cl2N2S2. The number of aromatic nitrogens is 1. The third kappa shape index (κ3) is 6.64. The molecule has 0 atom stereocenters. The number of nitrogens with two attached hydrogens (primary N) is 1. The third-order valence-corrected chi connectivity index (χ3v) is 3.83. The Bertz CT molecular complexity index is 244. The van der Waals surface area contributed by atoms with Gasteiger partial charge in [-0.3, -0.25) is 0 Å². The van der Waals surface area contributed by atoms with Crippen LogP contribution in [0.15, 0.2) is 5.51 Å². The summed E-state index contributed by atoms with van der Waals surface area (Å²) < 4.78 is 0. The molecule has 6 heteroatoms. The summed E-state index contributed by atoms with van der Waals surface area (Å²) in [6.45, 7) is 2.96. The van der Waals surface area contributed by atoms with Gasteiger partial charge in [0.1, 0.15) is 0 Å². The molecule has 0 aliphatic carbocycles. The molecule has 1 aromatic rings. The minimum Gasteiger partial charge on any atom is -0.330 e. The molecule has 0 unspecified atom stereocenters. The van der Waals surface area contributed by atoms with E-state index in [0.29, 0.717) is 0 Å². The van der Waals surface area contributed by atoms with Crippen LogP contribution in [0.5, 0.6) is 0 Å². The van der Waals surface area contributed by atoms with Crippen LogP contribution in [0.2, 0.25) is 0 Å². The predicted molar refractivity (Wildman–Crippen MR) is 76.1 cm³/mol. The number of hydrogen-bond donors (Lipinski definition) is 1. The van der Waals surface area contributed by atoms with Crippen LogP contribution in [-0.2, 0) is 12.8 Å². The first-order chi connectivity index (χ1) is 6.38. The summed E-state index contributed by atoms with van der Waals surface area (Å²) in [6, 6.07) is 0. The van der Waals surface area contributed by atoms with Crippen LogP contribution in [0, 0.1) is 0 Å². The maximum absolute atomic E-state index is 5.41. The highest BCUT2D eigenvalue weighted by molar-refractivity contribution is 7.99. The van der Waals surface area contributed by atoms with Gasteiger partial charge in [-0.15, -0.1) is 36.2 Å². The molecule has 1 aromatic heterocycles. The van der Waals surface area contributed by atoms with E-state index in [9.17, 15) is 0 Å². The van der Waals surface area contributed by atoms with Crippen molar-refractivity contribution >= 4 is 47.9 Å². The number of nitrogens with zero attached hydrogens (tertiary/aromatic N) is 1. The summed E-state index contributed by atoms with van der Waals surface area (Å²) in [6.07, 6.45) is 2.21. The molecule has 0 aliphatic rings. The Balaban J connectivity index is 0. The highest BCUT2D eigenvalue weighted by atomic mass is 35.5. The summed E-state index contributed by atoms with van der Waals surface area (Å²) >= 11 is 3.68. The van der Waals surface area contributed by atoms with Gasteiger partial charge in [0.15, 0.2) is 0 Å². The van der Waals surface area contributed by atoms with Crippen molar-refractivity contribution in [3.63, 3.8) is 0 Å². The molecule has 0 aliphatic heterocycles. The number of hydrogen-bond acceptors (Lipinski definition) is 4. The average molecular weight is 289 g/mol. The largest absolute Gasteiger partial charge is 0.330 e. The van der Waals surface area contributed by atoms with Gasteiger partial charge in [0.25, 0.3) is 0 Å². The molecular weight excluding hydrogens is 271 g/mol. The van der Waals surface area contributed by atoms with E-state index < -0.39 is 0 Å². The summed E-state index contributed by atoms with van der Waals surface area (Å²) in [7, 11) is 0. The first-order valence-corrected chi connectivity index (χ1v) is 6.61. The quantitative estimate of drug-likeness (QED) is 0.818. The predicted octanol–water partition coefficient (Wildman–Crippen LogP) is 2.78. The normalized spacial score (nSPS) is 9.20. The van der Waals surface area contributed by atoms with E-state index in [2.05, 4.69) is 11.9 Å². The second-order valence-electron chi connectivity index (χ2n) is 2.73. The van der Waals surface area contributed by atoms with Gasteiger partial charge in [0.05, 0.1) is 11.2 Å². The molecule has 0 saturated heterocycles. The van der Waals surface area contributed by atoms with Crippen LogP contribution in [0.25, 0.3) is 0 Å². The smallest absolute Gasteiger partial charge is 0.0797 e. The van der Waals surface area contributed by atoms with Crippen molar-refractivity contribution in [2.24, 2.45) is 5.73 Å². The van der Waals surface area contributed by atoms with Crippen molar-refractivity contribution in [3.05, 3.63) is 16.1 Å². The van der Waals surface area contributed by atoms with E-state index in [1.807, 2.05) is 17.3 Å². The maximum Gasteiger partial charge on any atom is 0.0797 e. The van der Waals surface area contributed by atoms with Gasteiger partial charge in [-0.1, -0.05) is 6.92 Å². The molecule has 0 spiro atoms. The first-order valence-electron chi connectivity index (χ1n) is 4.57. The molecule has 1 rings (SSSR count). The van der Waals surface area contributed by atoms with Gasteiger partial charge in [0.2, 0.25) is 0 Å². The number of thiazole rings is 1. The molecule has 0 saturated carbocycles. The second kappa shape index (κ2) is 11.0. The zero-order valence-electron chi connectivity index (χ0n) is 8.77. The van der Waals surface area contributed by atoms with Crippen LogP contribution in [-0.4, -0.2) is 23.0 Å². The van der Waals surface area contributed by atoms with E-state index in [1.165, 1.54) is 10.6 Å². The Hall–Kier alpha value is 0.520. The SMILES string of the molecule is CCc1scnc1CCSCCN.Cl.Cl. The topological polar surface area (TPSA) is 38.9 Å². The Kier molecular flexibility index (Phi) is 13.1. The first kappa shape index (κ1) is 17.9. The highest BCUT2D eigenvalue weighted by Gasteiger charge is 2.02. The third-order valence-electron chi connectivity index (χ3n) is 1.79. The maximum atomic E-state index is 5.41. The standard InChI is InChI=1S/C9H16N2S2.2ClH/c1-2-9-8(11-7-13-9)3-5-12-6-4-10;;/h7H,2-6,10H2,1H3;2*1H. The fourth-order valence-electron chi connectivity index (χ4n) is 1.14. The lowest BCUT2D eigenvalue weighted by molar-refractivity contribution is 1.01. The Morgan fingerprint density at radius 1 is 1.40 bits per heavy atom. The molecule has 90 valence electrons. The summed E-state index contributed by atoms with van der Waals surface area (Å²) in [5, 5.41) is 0. The molecule has 0 aromatic carbocycles. The molecule has 0 fully saturated rings. The fraction of sp³-hybridized carbons (Fsp3) is 0.667. The van der Waals surface area contributed by atoms with Crippen LogP contribution < -0.4 is 5.73 Å². The zero-order valence-corrected chi connectivity index (χ0v) is 12.0. The monoisotopic (exact) mass is 288 g/mol. The van der Waals surface area contributed by atoms with E-state index in [-0.39, 0.29) is 24.8 Å². The Labute approximate surface area is 112 Å². The van der Waals surface area contributed by atoms with Crippen molar-refractivity contribution in [3.8, 4) is 0 Å². The van der Waals surface area contributed by atoms with Crippen molar-refractivity contribution in [1.29, 1.82) is 0 Å². The number of halogens is 2. The van der Waals surface area contributed by atoms with Crippen molar-refractivity contribution < 1.29 is 0 Å². The van der Waals surface area contributed by atoms with Gasteiger partial charge >= 0.3 is 0 Å². The van der Waals surface area contributed by atoms with Crippen LogP contribution in [0.3, 0.4) is 0 Å². The minimum absolute atomic E-state index is 0. The zero-order chi connectivity index (χ0) is 9.52. The van der Waals surface area contributed by atoms with Crippen LogP contribution >= 0.6 is 47.9 Å². The lowest BCUT2D eigenvalue weighted by atomic mass is 10.2. The van der Waals surface area contributed by atoms with E-state index in [1.54, 1.807) is 11.3 Å². The lowest BCUT2D eigenvalue weighted by Gasteiger charge is -1.99. The minimum atomic E-state index is 0. The second-order valence-corrected chi connectivity index (χ2v) is 4.89. The van der Waals surface area contributed by atoms with E-state index in [4.69, 9.17) is 5.73 Å². The molecule has 2 nitrogen and oxygen atoms in total. The lowest BCUT2D eigenvalue weighted by Crippen LogP contribution is -2.03. The Morgan fingerprint density at radius 2 is 2.13 bits per heavy atom. The summed E-state index contributed by atoms with van der Waals surface area (Å²) in [5.41, 5.74) is 8.64. The molecule has 15 heavy (non-hydrogen) atoms. The van der Waals surface area contributed by atoms with Crippen molar-refractivity contribution in [2.75, 3.05) is 18.1 Å². The summed E-state index contributed by atoms with van der Waals surface area (Å²) in [5.74, 6) is 2.21. The molecule has 0 amide bonds. The van der Waals surface area contributed by atoms with Gasteiger partial charge in [-0.05, 0) is 18.6 Å². The van der Waals surface area contributed by atoms with Crippen molar-refractivity contribution in [2.45, 2.75) is 19.8 Å². The van der Waals surface area contributed by atoms with Gasteiger partial charge < -0.3 is 5.73 Å². The van der Waals surface area contributed by atoms with Crippen LogP contribution in [0.4, 0.5) is 0 Å². The average Bonchev–Trinajstić information content (AvgIpc) is 2.60. The Morgan fingerprint density at radius 3 is 2.73 bits per heavy atom. The van der Waals surface area contributed by atoms with E-state index >= 15 is 0 Å². The van der Waals surface area contributed by atoms with E-state index in [0.717, 1.165) is 30.9 Å². The van der Waals surface area contributed by atoms with Gasteiger partial charge in [-0.25, -0.2) is 4.98 Å². The summed E-state index contributed by atoms with van der Waals surface area (Å²) in [4.78, 5) is 5.80. The highest BCUT2D eigenvalue weighted by Crippen LogP contribution is 2.15. The van der Waals surface area contributed by atoms with Gasteiger partial charge in [0, 0.05) is 17.2 Å². The number of rotatable bonds is 6. The number of thioether (sulfide) groups is 1. The molecule has 0 bridgehead atoms. The molecule has 1 heterocycles. The van der Waals surface area contributed by atoms with Crippen LogP contribution in [0.1, 0.15) is 17.5 Å². The van der Waals surface area contributed by atoms with Crippen molar-refractivity contribution in [1.82, 2.24) is 4.98 Å². The number of aryl methyl sites for hydroxylation is 2.